The van der Waals surface area contributed by atoms with Gasteiger partial charge in [-0.25, -0.2) is 4.39 Å². The van der Waals surface area contributed by atoms with E-state index in [0.717, 1.165) is 4.47 Å². The minimum absolute atomic E-state index is 0.0856. The molecule has 0 radical (unpaired) electrons. The highest BCUT2D eigenvalue weighted by molar-refractivity contribution is 9.10. The maximum atomic E-state index is 13.6. The molecule has 0 unspecified atom stereocenters. The summed E-state index contributed by atoms with van der Waals surface area (Å²) in [5, 5.41) is 0.373. The van der Waals surface area contributed by atoms with E-state index in [4.69, 9.17) is 16.3 Å². The largest absolute Gasteiger partial charge is 0.494 e. The molecule has 0 N–H and O–H groups in total. The summed E-state index contributed by atoms with van der Waals surface area (Å²) < 4.78 is 19.2. The van der Waals surface area contributed by atoms with Crippen LogP contribution in [0, 0.1) is 5.82 Å². The SMILES string of the molecule is COc1ccc(CC(=O)c2ccc(Br)cc2Cl)cc1F. The number of methoxy groups -OCH3 is 1. The molecule has 0 saturated heterocycles. The minimum atomic E-state index is -0.486. The fourth-order valence-electron chi connectivity index (χ4n) is 1.82. The maximum absolute atomic E-state index is 13.6. The zero-order valence-corrected chi connectivity index (χ0v) is 13.0. The molecular weight excluding hydrogens is 347 g/mol. The Balaban J connectivity index is 2.21. The summed E-state index contributed by atoms with van der Waals surface area (Å²) in [6, 6.07) is 9.50. The first-order chi connectivity index (χ1) is 9.51. The van der Waals surface area contributed by atoms with Crippen LogP contribution in [-0.4, -0.2) is 12.9 Å². The smallest absolute Gasteiger partial charge is 0.168 e. The van der Waals surface area contributed by atoms with Crippen LogP contribution in [-0.2, 0) is 6.42 Å². The highest BCUT2D eigenvalue weighted by Gasteiger charge is 2.13. The van der Waals surface area contributed by atoms with Crippen molar-refractivity contribution in [1.29, 1.82) is 0 Å². The van der Waals surface area contributed by atoms with Crippen molar-refractivity contribution in [3.8, 4) is 5.75 Å². The van der Waals surface area contributed by atoms with Gasteiger partial charge in [0.1, 0.15) is 0 Å². The molecule has 0 aromatic heterocycles. The lowest BCUT2D eigenvalue weighted by molar-refractivity contribution is 0.0993. The van der Waals surface area contributed by atoms with E-state index >= 15 is 0 Å². The fraction of sp³-hybridized carbons (Fsp3) is 0.133. The van der Waals surface area contributed by atoms with E-state index in [9.17, 15) is 9.18 Å². The normalized spacial score (nSPS) is 10.4. The number of benzene rings is 2. The molecule has 2 rings (SSSR count). The van der Waals surface area contributed by atoms with Crippen molar-refractivity contribution in [3.63, 3.8) is 0 Å². The first kappa shape index (κ1) is 15.0. The molecule has 20 heavy (non-hydrogen) atoms. The molecule has 0 heterocycles. The number of hydrogen-bond acceptors (Lipinski definition) is 2. The summed E-state index contributed by atoms with van der Waals surface area (Å²) in [4.78, 5) is 12.2. The summed E-state index contributed by atoms with van der Waals surface area (Å²) in [5.74, 6) is -0.491. The van der Waals surface area contributed by atoms with Crippen LogP contribution in [0.5, 0.6) is 5.75 Å². The molecule has 0 bridgehead atoms. The molecule has 5 heteroatoms. The van der Waals surface area contributed by atoms with Gasteiger partial charge in [0, 0.05) is 16.5 Å². The second-order valence-electron chi connectivity index (χ2n) is 4.19. The third-order valence-electron chi connectivity index (χ3n) is 2.81. The van der Waals surface area contributed by atoms with Gasteiger partial charge in [-0.05, 0) is 35.9 Å². The van der Waals surface area contributed by atoms with Crippen LogP contribution in [0.15, 0.2) is 40.9 Å². The number of rotatable bonds is 4. The lowest BCUT2D eigenvalue weighted by atomic mass is 10.0. The van der Waals surface area contributed by atoms with Crippen LogP contribution in [0.25, 0.3) is 0 Å². The van der Waals surface area contributed by atoms with Crippen LogP contribution >= 0.6 is 27.5 Å². The molecule has 0 fully saturated rings. The maximum Gasteiger partial charge on any atom is 0.168 e. The van der Waals surface area contributed by atoms with Crippen LogP contribution in [0.2, 0.25) is 5.02 Å². The van der Waals surface area contributed by atoms with Gasteiger partial charge in [0.25, 0.3) is 0 Å². The quantitative estimate of drug-likeness (QED) is 0.743. The fourth-order valence-corrected chi connectivity index (χ4v) is 2.59. The second kappa shape index (κ2) is 6.37. The van der Waals surface area contributed by atoms with E-state index in [1.165, 1.54) is 19.2 Å². The summed E-state index contributed by atoms with van der Waals surface area (Å²) in [5.41, 5.74) is 0.998. The number of ketones is 1. The van der Waals surface area contributed by atoms with Gasteiger partial charge >= 0.3 is 0 Å². The molecule has 2 aromatic rings. The molecule has 104 valence electrons. The van der Waals surface area contributed by atoms with E-state index in [2.05, 4.69) is 15.9 Å². The molecule has 0 amide bonds. The van der Waals surface area contributed by atoms with E-state index in [1.54, 1.807) is 24.3 Å². The van der Waals surface area contributed by atoms with Crippen LogP contribution < -0.4 is 4.74 Å². The van der Waals surface area contributed by atoms with Crippen LogP contribution in [0.4, 0.5) is 4.39 Å². The molecule has 0 saturated carbocycles. The second-order valence-corrected chi connectivity index (χ2v) is 5.52. The molecule has 0 aliphatic heterocycles. The number of carbonyl (C=O) groups is 1. The van der Waals surface area contributed by atoms with E-state index in [0.29, 0.717) is 16.1 Å². The van der Waals surface area contributed by atoms with Crippen molar-refractivity contribution in [3.05, 3.63) is 62.8 Å². The third-order valence-corrected chi connectivity index (χ3v) is 3.62. The summed E-state index contributed by atoms with van der Waals surface area (Å²) in [7, 11) is 1.39. The summed E-state index contributed by atoms with van der Waals surface area (Å²) in [6.07, 6.45) is 0.0856. The van der Waals surface area contributed by atoms with Crippen molar-refractivity contribution in [2.75, 3.05) is 7.11 Å². The monoisotopic (exact) mass is 356 g/mol. The van der Waals surface area contributed by atoms with E-state index in [1.807, 2.05) is 0 Å². The van der Waals surface area contributed by atoms with Crippen LogP contribution in [0.3, 0.4) is 0 Å². The summed E-state index contributed by atoms with van der Waals surface area (Å²) in [6.45, 7) is 0. The first-order valence-corrected chi connectivity index (χ1v) is 6.99. The zero-order chi connectivity index (χ0) is 14.7. The average Bonchev–Trinajstić information content (AvgIpc) is 2.38. The van der Waals surface area contributed by atoms with Gasteiger partial charge in [-0.1, -0.05) is 33.6 Å². The molecule has 0 spiro atoms. The van der Waals surface area contributed by atoms with Gasteiger partial charge in [-0.15, -0.1) is 0 Å². The third kappa shape index (κ3) is 3.38. The number of hydrogen-bond donors (Lipinski definition) is 0. The first-order valence-electron chi connectivity index (χ1n) is 5.82. The Morgan fingerprint density at radius 3 is 2.65 bits per heavy atom. The Kier molecular flexibility index (Phi) is 4.78. The molecule has 0 aliphatic rings. The number of carbonyl (C=O) groups excluding carboxylic acids is 1. The highest BCUT2D eigenvalue weighted by atomic mass is 79.9. The van der Waals surface area contributed by atoms with Crippen molar-refractivity contribution in [1.82, 2.24) is 0 Å². The van der Waals surface area contributed by atoms with Gasteiger partial charge in [-0.2, -0.15) is 0 Å². The Labute approximate surface area is 129 Å². The Morgan fingerprint density at radius 1 is 1.30 bits per heavy atom. The molecule has 0 aliphatic carbocycles. The predicted octanol–water partition coefficient (Wildman–Crippen LogP) is 4.68. The number of ether oxygens (including phenoxy) is 1. The minimum Gasteiger partial charge on any atom is -0.494 e. The Hall–Kier alpha value is -1.39. The van der Waals surface area contributed by atoms with E-state index < -0.39 is 5.82 Å². The number of Topliss-reactive ketones (excluding diaryl/α,β-unsaturated/α-hetero) is 1. The van der Waals surface area contributed by atoms with Crippen molar-refractivity contribution in [2.24, 2.45) is 0 Å². The lowest BCUT2D eigenvalue weighted by Gasteiger charge is -2.06. The topological polar surface area (TPSA) is 26.3 Å². The highest BCUT2D eigenvalue weighted by Crippen LogP contribution is 2.24. The van der Waals surface area contributed by atoms with Gasteiger partial charge in [-0.3, -0.25) is 4.79 Å². The van der Waals surface area contributed by atoms with E-state index in [-0.39, 0.29) is 18.0 Å². The number of halogens is 3. The van der Waals surface area contributed by atoms with Gasteiger partial charge in [0.2, 0.25) is 0 Å². The standard InChI is InChI=1S/C15H11BrClFO2/c1-20-15-5-2-9(6-13(15)18)7-14(19)11-4-3-10(16)8-12(11)17/h2-6,8H,7H2,1H3. The Morgan fingerprint density at radius 2 is 2.05 bits per heavy atom. The van der Waals surface area contributed by atoms with Crippen molar-refractivity contribution >= 4 is 33.3 Å². The van der Waals surface area contributed by atoms with Crippen LogP contribution in [0.1, 0.15) is 15.9 Å². The lowest BCUT2D eigenvalue weighted by Crippen LogP contribution is -2.05. The Bertz CT molecular complexity index is 658. The van der Waals surface area contributed by atoms with Gasteiger partial charge < -0.3 is 4.74 Å². The molecule has 2 aromatic carbocycles. The summed E-state index contributed by atoms with van der Waals surface area (Å²) >= 11 is 9.30. The average molecular weight is 358 g/mol. The molecule has 2 nitrogen and oxygen atoms in total. The van der Waals surface area contributed by atoms with Crippen molar-refractivity contribution in [2.45, 2.75) is 6.42 Å². The predicted molar refractivity (Wildman–Crippen MR) is 80.1 cm³/mol. The van der Waals surface area contributed by atoms with Crippen molar-refractivity contribution < 1.29 is 13.9 Å². The van der Waals surface area contributed by atoms with Gasteiger partial charge in [0.05, 0.1) is 12.1 Å². The zero-order valence-electron chi connectivity index (χ0n) is 10.6. The molecule has 0 atom stereocenters. The molecular formula is C15H11BrClFO2. The van der Waals surface area contributed by atoms with Gasteiger partial charge in [0.15, 0.2) is 17.3 Å².